The second-order valence-electron chi connectivity index (χ2n) is 7.73. The Kier molecular flexibility index (Phi) is 5.80. The van der Waals surface area contributed by atoms with Gasteiger partial charge in [0.15, 0.2) is 5.75 Å². The van der Waals surface area contributed by atoms with Gasteiger partial charge in [-0.15, -0.1) is 0 Å². The first-order valence-corrected chi connectivity index (χ1v) is 10.3. The molecule has 4 rings (SSSR count). The van der Waals surface area contributed by atoms with Gasteiger partial charge in [0.1, 0.15) is 5.94 Å². The number of ether oxygens (including phenoxy) is 2. The highest BCUT2D eigenvalue weighted by atomic mass is 19.3. The van der Waals surface area contributed by atoms with E-state index in [1.165, 1.54) is 6.20 Å². The summed E-state index contributed by atoms with van der Waals surface area (Å²) >= 11 is 0. The van der Waals surface area contributed by atoms with Gasteiger partial charge >= 0.3 is 12.6 Å². The first-order chi connectivity index (χ1) is 15.3. The molecule has 1 saturated carbocycles. The minimum Gasteiger partial charge on any atom is -0.462 e. The second kappa shape index (κ2) is 8.55. The van der Waals surface area contributed by atoms with Gasteiger partial charge < -0.3 is 14.4 Å². The van der Waals surface area contributed by atoms with E-state index in [4.69, 9.17) is 9.47 Å². The van der Waals surface area contributed by atoms with Crippen molar-refractivity contribution >= 4 is 23.2 Å². The number of carbonyl (C=O) groups excluding carboxylic acids is 2. The highest BCUT2D eigenvalue weighted by Crippen LogP contribution is 2.50. The summed E-state index contributed by atoms with van der Waals surface area (Å²) in [6.07, 6.45) is 3.12. The van der Waals surface area contributed by atoms with Crippen molar-refractivity contribution in [3.05, 3.63) is 53.0 Å². The summed E-state index contributed by atoms with van der Waals surface area (Å²) in [5.41, 5.74) is 3.22. The predicted molar refractivity (Wildman–Crippen MR) is 115 cm³/mol. The summed E-state index contributed by atoms with van der Waals surface area (Å²) in [4.78, 5) is 30.5. The number of carbonyl (C=O) groups is 1. The third-order valence-electron chi connectivity index (χ3n) is 5.33. The first-order valence-electron chi connectivity index (χ1n) is 10.3. The Bertz CT molecular complexity index is 1140. The Morgan fingerprint density at radius 2 is 1.88 bits per heavy atom. The normalized spacial score (nSPS) is 15.2. The molecule has 32 heavy (non-hydrogen) atoms. The number of rotatable bonds is 6. The maximum Gasteiger partial charge on any atom is 0.387 e. The van der Waals surface area contributed by atoms with Crippen molar-refractivity contribution in [2.75, 3.05) is 11.5 Å². The van der Waals surface area contributed by atoms with Crippen LogP contribution in [-0.2, 0) is 14.3 Å². The average Bonchev–Trinajstić information content (AvgIpc) is 3.57. The summed E-state index contributed by atoms with van der Waals surface area (Å²) < 4.78 is 37.2. The highest BCUT2D eigenvalue weighted by molar-refractivity contribution is 6.17. The number of esters is 1. The molecule has 2 aliphatic rings. The topological polar surface area (TPSA) is 68.7 Å². The van der Waals surface area contributed by atoms with Crippen molar-refractivity contribution in [1.29, 1.82) is 0 Å². The molecule has 0 atom stereocenters. The predicted octanol–water partition coefficient (Wildman–Crippen LogP) is 4.61. The molecule has 0 amide bonds. The maximum atomic E-state index is 13.5. The third-order valence-corrected chi connectivity index (χ3v) is 5.33. The smallest absolute Gasteiger partial charge is 0.387 e. The summed E-state index contributed by atoms with van der Waals surface area (Å²) in [5.74, 6) is 1.09. The number of aromatic nitrogens is 1. The second-order valence-corrected chi connectivity index (χ2v) is 7.73. The molecule has 2 heterocycles. The molecular weight excluding hydrogens is 418 g/mol. The van der Waals surface area contributed by atoms with Crippen molar-refractivity contribution in [3.63, 3.8) is 0 Å². The molecule has 0 bridgehead atoms. The molecule has 1 aliphatic heterocycles. The van der Waals surface area contributed by atoms with Crippen LogP contribution in [0.3, 0.4) is 0 Å². The van der Waals surface area contributed by atoms with E-state index >= 15 is 0 Å². The fraction of sp³-hybridized carbons (Fsp3) is 0.333. The van der Waals surface area contributed by atoms with E-state index in [9.17, 15) is 18.4 Å². The van der Waals surface area contributed by atoms with Crippen molar-refractivity contribution in [1.82, 2.24) is 4.98 Å². The van der Waals surface area contributed by atoms with Crippen LogP contribution in [0, 0.1) is 13.8 Å². The van der Waals surface area contributed by atoms with Gasteiger partial charge in [-0.3, -0.25) is 4.98 Å². The summed E-state index contributed by atoms with van der Waals surface area (Å²) in [7, 11) is 0. The molecule has 6 nitrogen and oxygen atoms in total. The lowest BCUT2D eigenvalue weighted by atomic mass is 9.90. The number of hydrogen-bond donors (Lipinski definition) is 0. The average molecular weight is 440 g/mol. The maximum absolute atomic E-state index is 13.5. The number of fused-ring (bicyclic) bond motifs is 1. The summed E-state index contributed by atoms with van der Waals surface area (Å²) in [5, 5.41) is 0. The lowest BCUT2D eigenvalue weighted by Crippen LogP contribution is -2.28. The zero-order chi connectivity index (χ0) is 23.0. The van der Waals surface area contributed by atoms with E-state index in [1.54, 1.807) is 42.0 Å². The number of alkyl halides is 2. The van der Waals surface area contributed by atoms with Crippen LogP contribution in [0.5, 0.6) is 5.75 Å². The van der Waals surface area contributed by atoms with E-state index in [-0.39, 0.29) is 29.5 Å². The van der Waals surface area contributed by atoms with E-state index in [1.807, 2.05) is 13.8 Å². The third kappa shape index (κ3) is 4.01. The molecule has 2 aromatic rings. The van der Waals surface area contributed by atoms with Crippen molar-refractivity contribution < 1.29 is 27.8 Å². The lowest BCUT2D eigenvalue weighted by molar-refractivity contribution is -0.138. The van der Waals surface area contributed by atoms with Gasteiger partial charge in [-0.25, -0.2) is 9.59 Å². The van der Waals surface area contributed by atoms with Gasteiger partial charge in [-0.1, -0.05) is 6.07 Å². The van der Waals surface area contributed by atoms with Crippen LogP contribution in [0.2, 0.25) is 0 Å². The molecule has 0 unspecified atom stereocenters. The van der Waals surface area contributed by atoms with Crippen LogP contribution >= 0.6 is 0 Å². The van der Waals surface area contributed by atoms with E-state index in [2.05, 4.69) is 4.98 Å². The molecule has 1 fully saturated rings. The van der Waals surface area contributed by atoms with Crippen LogP contribution in [0.1, 0.15) is 36.7 Å². The number of aryl methyl sites for hydroxylation is 2. The lowest BCUT2D eigenvalue weighted by Gasteiger charge is -2.32. The highest BCUT2D eigenvalue weighted by Gasteiger charge is 2.39. The quantitative estimate of drug-likeness (QED) is 0.483. The Hall–Kier alpha value is -3.51. The van der Waals surface area contributed by atoms with Crippen LogP contribution in [0.25, 0.3) is 16.7 Å². The van der Waals surface area contributed by atoms with E-state index < -0.39 is 12.6 Å². The molecule has 1 aliphatic carbocycles. The number of benzene rings is 1. The Balaban J connectivity index is 1.98. The van der Waals surface area contributed by atoms with Gasteiger partial charge in [0.05, 0.1) is 23.4 Å². The Morgan fingerprint density at radius 1 is 1.22 bits per heavy atom. The summed E-state index contributed by atoms with van der Waals surface area (Å²) in [6, 6.07) is 6.82. The van der Waals surface area contributed by atoms with E-state index in [0.717, 1.165) is 24.2 Å². The van der Waals surface area contributed by atoms with Crippen LogP contribution in [0.4, 0.5) is 14.5 Å². The molecule has 0 saturated heterocycles. The molecular formula is C24H22F2N2O4. The van der Waals surface area contributed by atoms with Crippen LogP contribution < -0.4 is 9.64 Å². The first kappa shape index (κ1) is 21.7. The van der Waals surface area contributed by atoms with Gasteiger partial charge in [-0.2, -0.15) is 8.78 Å². The molecule has 1 aromatic heterocycles. The van der Waals surface area contributed by atoms with Crippen molar-refractivity contribution in [2.24, 2.45) is 0 Å². The number of pyridine rings is 1. The zero-order valence-corrected chi connectivity index (χ0v) is 17.9. The number of hydrogen-bond acceptors (Lipinski definition) is 6. The molecule has 0 N–H and O–H groups in total. The number of nitrogens with zero attached hydrogens (tertiary/aromatic N) is 2. The molecule has 0 spiro atoms. The van der Waals surface area contributed by atoms with Crippen molar-refractivity contribution in [3.8, 4) is 16.9 Å². The van der Waals surface area contributed by atoms with Gasteiger partial charge in [0.2, 0.25) is 0 Å². The standard InChI is InChI=1S/C24H22F2N2O4/c1-4-31-23(30)19-11-28(16-5-6-16)21-18(20(19)12-29)8-7-17(22(21)32-24(25)26)15-9-13(2)27-14(3)10-15/h7-11,16,24H,4-6H2,1-3H3. The molecule has 8 heteroatoms. The van der Waals surface area contributed by atoms with Crippen molar-refractivity contribution in [2.45, 2.75) is 46.3 Å². The minimum absolute atomic E-state index is 0.00237. The summed E-state index contributed by atoms with van der Waals surface area (Å²) in [6.45, 7) is 2.36. The largest absolute Gasteiger partial charge is 0.462 e. The zero-order valence-electron chi connectivity index (χ0n) is 17.9. The fourth-order valence-electron chi connectivity index (χ4n) is 3.98. The van der Waals surface area contributed by atoms with Gasteiger partial charge in [0.25, 0.3) is 0 Å². The van der Waals surface area contributed by atoms with Crippen LogP contribution in [0.15, 0.2) is 36.0 Å². The minimum atomic E-state index is -3.08. The van der Waals surface area contributed by atoms with E-state index in [0.29, 0.717) is 22.4 Å². The monoisotopic (exact) mass is 440 g/mol. The molecule has 166 valence electrons. The Labute approximate surface area is 184 Å². The SMILES string of the molecule is CCOC(=O)C1=CN(C2CC2)c2c(ccc(-c3cc(C)nc(C)c3)c2OC(F)F)C1=C=O. The molecule has 1 aromatic carbocycles. The fourth-order valence-corrected chi connectivity index (χ4v) is 3.98. The van der Waals surface area contributed by atoms with Gasteiger partial charge in [0, 0.05) is 34.8 Å². The number of anilines is 1. The Morgan fingerprint density at radius 3 is 2.44 bits per heavy atom. The van der Waals surface area contributed by atoms with Gasteiger partial charge in [-0.05, 0) is 57.4 Å². The number of halogens is 2. The van der Waals surface area contributed by atoms with Crippen LogP contribution in [-0.4, -0.2) is 36.2 Å². The molecule has 0 radical (unpaired) electrons.